The number of nitrogens with one attached hydrogen (secondary N) is 1. The van der Waals surface area contributed by atoms with Gasteiger partial charge in [0.25, 0.3) is 5.91 Å². The molecule has 1 atom stereocenters. The number of hydrogen-bond acceptors (Lipinski definition) is 5. The van der Waals surface area contributed by atoms with Crippen molar-refractivity contribution in [3.05, 3.63) is 51.2 Å². The molecule has 134 valence electrons. The van der Waals surface area contributed by atoms with E-state index in [1.165, 1.54) is 21.8 Å². The number of carbonyl (C=O) groups is 2. The number of nitrogens with zero attached hydrogens (tertiary/aromatic N) is 1. The number of nitriles is 1. The zero-order chi connectivity index (χ0) is 18.5. The van der Waals surface area contributed by atoms with Gasteiger partial charge < -0.3 is 10.1 Å². The first-order valence-electron chi connectivity index (χ1n) is 8.59. The summed E-state index contributed by atoms with van der Waals surface area (Å²) in [5.74, 6) is -0.191. The molecule has 3 rings (SSSR count). The summed E-state index contributed by atoms with van der Waals surface area (Å²) in [4.78, 5) is 26.0. The van der Waals surface area contributed by atoms with E-state index in [1.807, 2.05) is 6.07 Å². The van der Waals surface area contributed by atoms with E-state index in [2.05, 4.69) is 18.3 Å². The summed E-state index contributed by atoms with van der Waals surface area (Å²) in [7, 11) is 0. The van der Waals surface area contributed by atoms with Gasteiger partial charge in [-0.2, -0.15) is 5.26 Å². The maximum absolute atomic E-state index is 12.2. The quantitative estimate of drug-likeness (QED) is 0.816. The van der Waals surface area contributed by atoms with Crippen molar-refractivity contribution in [3.63, 3.8) is 0 Å². The van der Waals surface area contributed by atoms with Gasteiger partial charge in [0.2, 0.25) is 0 Å². The molecule has 1 heterocycles. The summed E-state index contributed by atoms with van der Waals surface area (Å²) >= 11 is 1.47. The fourth-order valence-electron chi connectivity index (χ4n) is 3.00. The Morgan fingerprint density at radius 1 is 1.35 bits per heavy atom. The fourth-order valence-corrected chi connectivity index (χ4v) is 4.11. The normalized spacial score (nSPS) is 15.6. The monoisotopic (exact) mass is 368 g/mol. The van der Waals surface area contributed by atoms with Crippen molar-refractivity contribution in [2.24, 2.45) is 5.92 Å². The van der Waals surface area contributed by atoms with Crippen LogP contribution in [0.3, 0.4) is 0 Å². The van der Waals surface area contributed by atoms with Crippen LogP contribution < -0.4 is 5.32 Å². The molecule has 0 aliphatic heterocycles. The average Bonchev–Trinajstić information content (AvgIpc) is 3.05. The van der Waals surface area contributed by atoms with Gasteiger partial charge in [-0.25, -0.2) is 4.79 Å². The van der Waals surface area contributed by atoms with E-state index in [0.29, 0.717) is 22.9 Å². The number of ether oxygens (including phenoxy) is 1. The first-order chi connectivity index (χ1) is 12.5. The Morgan fingerprint density at radius 3 is 2.85 bits per heavy atom. The fraction of sp³-hybridized carbons (Fsp3) is 0.350. The van der Waals surface area contributed by atoms with E-state index >= 15 is 0 Å². The molecule has 0 spiro atoms. The predicted molar refractivity (Wildman–Crippen MR) is 100 cm³/mol. The van der Waals surface area contributed by atoms with Gasteiger partial charge in [0.1, 0.15) is 4.88 Å². The second-order valence-electron chi connectivity index (χ2n) is 6.56. The summed E-state index contributed by atoms with van der Waals surface area (Å²) in [5, 5.41) is 11.3. The van der Waals surface area contributed by atoms with Crippen molar-refractivity contribution in [3.8, 4) is 6.07 Å². The van der Waals surface area contributed by atoms with Crippen LogP contribution in [0.15, 0.2) is 30.3 Å². The van der Waals surface area contributed by atoms with Crippen molar-refractivity contribution in [2.75, 3.05) is 11.9 Å². The molecular weight excluding hydrogens is 348 g/mol. The highest BCUT2D eigenvalue weighted by Crippen LogP contribution is 2.32. The van der Waals surface area contributed by atoms with Crippen LogP contribution in [0.25, 0.3) is 0 Å². The maximum atomic E-state index is 12.2. The van der Waals surface area contributed by atoms with Gasteiger partial charge in [-0.15, -0.1) is 11.3 Å². The number of thiophene rings is 1. The molecule has 0 saturated heterocycles. The van der Waals surface area contributed by atoms with Crippen molar-refractivity contribution in [1.29, 1.82) is 5.26 Å². The van der Waals surface area contributed by atoms with Crippen LogP contribution in [0, 0.1) is 17.2 Å². The van der Waals surface area contributed by atoms with Crippen LogP contribution >= 0.6 is 11.3 Å². The SMILES string of the molecule is C[C@@H]1CCc2sc(C(=O)OCC(=O)Nc3ccc(CC#N)cc3)cc2C1. The lowest BCUT2D eigenvalue weighted by Crippen LogP contribution is -2.20. The van der Waals surface area contributed by atoms with Crippen molar-refractivity contribution < 1.29 is 14.3 Å². The molecular formula is C20H20N2O3S. The first kappa shape index (κ1) is 18.2. The van der Waals surface area contributed by atoms with Crippen LogP contribution in [-0.4, -0.2) is 18.5 Å². The third-order valence-electron chi connectivity index (χ3n) is 4.39. The molecule has 6 heteroatoms. The largest absolute Gasteiger partial charge is 0.451 e. The van der Waals surface area contributed by atoms with Crippen LogP contribution in [0.2, 0.25) is 0 Å². The number of amides is 1. The number of esters is 1. The number of anilines is 1. The third-order valence-corrected chi connectivity index (χ3v) is 5.60. The molecule has 0 fully saturated rings. The Labute approximate surface area is 156 Å². The molecule has 0 bridgehead atoms. The van der Waals surface area contributed by atoms with Gasteiger partial charge in [-0.3, -0.25) is 4.79 Å². The average molecular weight is 368 g/mol. The number of hydrogen-bond donors (Lipinski definition) is 1. The highest BCUT2D eigenvalue weighted by Gasteiger charge is 2.21. The van der Waals surface area contributed by atoms with Crippen molar-refractivity contribution >= 4 is 28.9 Å². The van der Waals surface area contributed by atoms with Crippen LogP contribution in [0.5, 0.6) is 0 Å². The van der Waals surface area contributed by atoms with Gasteiger partial charge in [-0.05, 0) is 54.5 Å². The topological polar surface area (TPSA) is 79.2 Å². The van der Waals surface area contributed by atoms with Crippen molar-refractivity contribution in [1.82, 2.24) is 0 Å². The number of rotatable bonds is 5. The molecule has 2 aromatic rings. The highest BCUT2D eigenvalue weighted by atomic mass is 32.1. The van der Waals surface area contributed by atoms with Crippen LogP contribution in [0.4, 0.5) is 5.69 Å². The zero-order valence-electron chi connectivity index (χ0n) is 14.6. The molecule has 0 radical (unpaired) electrons. The molecule has 1 aromatic carbocycles. The van der Waals surface area contributed by atoms with Gasteiger partial charge in [0.05, 0.1) is 12.5 Å². The molecule has 1 amide bonds. The van der Waals surface area contributed by atoms with Gasteiger partial charge in [-0.1, -0.05) is 19.1 Å². The number of aryl methyl sites for hydroxylation is 1. The lowest BCUT2D eigenvalue weighted by Gasteiger charge is -2.16. The number of fused-ring (bicyclic) bond motifs is 1. The minimum absolute atomic E-state index is 0.322. The Morgan fingerprint density at radius 2 is 2.12 bits per heavy atom. The van der Waals surface area contributed by atoms with Crippen LogP contribution in [-0.2, 0) is 28.8 Å². The molecule has 1 aliphatic rings. The van der Waals surface area contributed by atoms with E-state index in [4.69, 9.17) is 10.00 Å². The second-order valence-corrected chi connectivity index (χ2v) is 7.70. The summed E-state index contributed by atoms with van der Waals surface area (Å²) < 4.78 is 5.15. The third kappa shape index (κ3) is 4.50. The van der Waals surface area contributed by atoms with Gasteiger partial charge in [0, 0.05) is 10.6 Å². The van der Waals surface area contributed by atoms with E-state index in [0.717, 1.165) is 24.8 Å². The molecule has 1 aliphatic carbocycles. The minimum Gasteiger partial charge on any atom is -0.451 e. The van der Waals surface area contributed by atoms with E-state index in [9.17, 15) is 9.59 Å². The molecule has 0 unspecified atom stereocenters. The first-order valence-corrected chi connectivity index (χ1v) is 9.41. The summed E-state index contributed by atoms with van der Waals surface area (Å²) in [6.45, 7) is 1.90. The predicted octanol–water partition coefficient (Wildman–Crippen LogP) is 3.73. The van der Waals surface area contributed by atoms with E-state index in [1.54, 1.807) is 24.3 Å². The Bertz CT molecular complexity index is 849. The summed E-state index contributed by atoms with van der Waals surface area (Å²) in [5.41, 5.74) is 2.73. The Hall–Kier alpha value is -2.65. The summed E-state index contributed by atoms with van der Waals surface area (Å²) in [6.07, 6.45) is 3.49. The van der Waals surface area contributed by atoms with E-state index < -0.39 is 5.97 Å². The standard InChI is InChI=1S/C20H20N2O3S/c1-13-2-7-17-15(10-13)11-18(26-17)20(24)25-12-19(23)22-16-5-3-14(4-6-16)8-9-21/h3-6,11,13H,2,7-8,10,12H2,1H3,(H,22,23)/t13-/m1/s1. The molecule has 5 nitrogen and oxygen atoms in total. The second kappa shape index (κ2) is 8.15. The highest BCUT2D eigenvalue weighted by molar-refractivity contribution is 7.14. The molecule has 0 saturated carbocycles. The summed E-state index contributed by atoms with van der Waals surface area (Å²) in [6, 6.07) is 11.0. The smallest absolute Gasteiger partial charge is 0.348 e. The lowest BCUT2D eigenvalue weighted by atomic mass is 9.90. The Kier molecular flexibility index (Phi) is 5.69. The van der Waals surface area contributed by atoms with E-state index in [-0.39, 0.29) is 12.5 Å². The molecule has 1 N–H and O–H groups in total. The number of benzene rings is 1. The maximum Gasteiger partial charge on any atom is 0.348 e. The van der Waals surface area contributed by atoms with Gasteiger partial charge in [0.15, 0.2) is 6.61 Å². The minimum atomic E-state index is -0.448. The molecule has 1 aromatic heterocycles. The Balaban J connectivity index is 1.51. The lowest BCUT2D eigenvalue weighted by molar-refractivity contribution is -0.119. The zero-order valence-corrected chi connectivity index (χ0v) is 15.4. The van der Waals surface area contributed by atoms with Crippen molar-refractivity contribution in [2.45, 2.75) is 32.6 Å². The number of carbonyl (C=O) groups excluding carboxylic acids is 2. The van der Waals surface area contributed by atoms with Gasteiger partial charge >= 0.3 is 5.97 Å². The molecule has 26 heavy (non-hydrogen) atoms. The van der Waals surface area contributed by atoms with Crippen LogP contribution in [0.1, 0.15) is 39.0 Å².